The van der Waals surface area contributed by atoms with Crippen LogP contribution in [0.1, 0.15) is 39.8 Å². The Bertz CT molecular complexity index is 869. The van der Waals surface area contributed by atoms with Gasteiger partial charge in [-0.05, 0) is 48.6 Å². The van der Waals surface area contributed by atoms with Crippen molar-refractivity contribution in [1.29, 1.82) is 0 Å². The first-order valence-electron chi connectivity index (χ1n) is 8.37. The van der Waals surface area contributed by atoms with E-state index in [0.29, 0.717) is 23.7 Å². The minimum Gasteiger partial charge on any atom is -0.352 e. The Morgan fingerprint density at radius 2 is 2.38 bits per heavy atom. The molecule has 0 radical (unpaired) electrons. The van der Waals surface area contributed by atoms with Gasteiger partial charge in [-0.2, -0.15) is 5.10 Å². The Labute approximate surface area is 144 Å². The molecule has 3 aromatic heterocycles. The minimum atomic E-state index is -0.0989. The van der Waals surface area contributed by atoms with Crippen molar-refractivity contribution in [3.63, 3.8) is 0 Å². The van der Waals surface area contributed by atoms with Crippen LogP contribution in [0.4, 0.5) is 0 Å². The zero-order valence-electron chi connectivity index (χ0n) is 13.7. The molecular weight excluding hydrogens is 320 g/mol. The van der Waals surface area contributed by atoms with E-state index in [2.05, 4.69) is 33.8 Å². The van der Waals surface area contributed by atoms with Crippen molar-refractivity contribution in [1.82, 2.24) is 19.9 Å². The Hall–Kier alpha value is -2.21. The van der Waals surface area contributed by atoms with Crippen molar-refractivity contribution in [3.05, 3.63) is 51.6 Å². The zero-order valence-corrected chi connectivity index (χ0v) is 14.5. The van der Waals surface area contributed by atoms with Crippen LogP contribution >= 0.6 is 11.3 Å². The highest BCUT2D eigenvalue weighted by atomic mass is 32.1. The molecule has 4 rings (SSSR count). The van der Waals surface area contributed by atoms with E-state index in [0.717, 1.165) is 25.7 Å². The van der Waals surface area contributed by atoms with E-state index in [1.807, 2.05) is 16.8 Å². The maximum absolute atomic E-state index is 12.5. The monoisotopic (exact) mass is 340 g/mol. The van der Waals surface area contributed by atoms with Crippen LogP contribution in [-0.2, 0) is 19.3 Å². The molecular formula is C18H20N4OS. The van der Waals surface area contributed by atoms with E-state index in [9.17, 15) is 4.79 Å². The number of carbonyl (C=O) groups excluding carboxylic acids is 1. The van der Waals surface area contributed by atoms with Crippen molar-refractivity contribution in [2.75, 3.05) is 6.54 Å². The molecule has 0 saturated heterocycles. The topological polar surface area (TPSA) is 59.3 Å². The van der Waals surface area contributed by atoms with Crippen LogP contribution < -0.4 is 5.32 Å². The van der Waals surface area contributed by atoms with Gasteiger partial charge in [-0.3, -0.25) is 4.79 Å². The lowest BCUT2D eigenvalue weighted by Crippen LogP contribution is -2.25. The first kappa shape index (κ1) is 15.3. The van der Waals surface area contributed by atoms with E-state index >= 15 is 0 Å². The van der Waals surface area contributed by atoms with Crippen LogP contribution in [0.25, 0.3) is 5.65 Å². The summed E-state index contributed by atoms with van der Waals surface area (Å²) in [5.74, 6) is 0.588. The predicted octanol–water partition coefficient (Wildman–Crippen LogP) is 2.89. The molecule has 0 saturated carbocycles. The Morgan fingerprint density at radius 3 is 3.21 bits per heavy atom. The largest absolute Gasteiger partial charge is 0.352 e. The molecule has 0 spiro atoms. The minimum absolute atomic E-state index is 0.0989. The molecule has 1 N–H and O–H groups in total. The Balaban J connectivity index is 1.53. The molecule has 0 fully saturated rings. The van der Waals surface area contributed by atoms with Crippen LogP contribution in [0, 0.1) is 5.92 Å². The number of thiophene rings is 1. The molecule has 1 atom stereocenters. The Morgan fingerprint density at radius 1 is 1.46 bits per heavy atom. The fourth-order valence-corrected chi connectivity index (χ4v) is 4.03. The lowest BCUT2D eigenvalue weighted by molar-refractivity contribution is 0.0955. The second kappa shape index (κ2) is 6.36. The molecule has 1 amide bonds. The highest BCUT2D eigenvalue weighted by Crippen LogP contribution is 2.25. The van der Waals surface area contributed by atoms with E-state index in [-0.39, 0.29) is 5.91 Å². The number of aryl methyl sites for hydroxylation is 1. The average Bonchev–Trinajstić information content (AvgIpc) is 3.23. The molecule has 1 unspecified atom stereocenters. The van der Waals surface area contributed by atoms with Crippen molar-refractivity contribution >= 4 is 22.9 Å². The van der Waals surface area contributed by atoms with Gasteiger partial charge in [0.1, 0.15) is 5.56 Å². The number of rotatable bonds is 4. The average molecular weight is 340 g/mol. The van der Waals surface area contributed by atoms with E-state index in [1.165, 1.54) is 16.1 Å². The Kier molecular flexibility index (Phi) is 4.06. The second-order valence-electron chi connectivity index (χ2n) is 6.46. The first-order chi connectivity index (χ1) is 11.7. The van der Waals surface area contributed by atoms with Gasteiger partial charge in [0.05, 0.1) is 6.20 Å². The SMILES string of the molecule is CC1CCc2c(cnc3c(C(=O)NCCc4cccs4)cnn23)C1. The number of hydrogen-bond donors (Lipinski definition) is 1. The van der Waals surface area contributed by atoms with Crippen LogP contribution in [0.15, 0.2) is 29.9 Å². The number of amides is 1. The molecule has 6 heteroatoms. The van der Waals surface area contributed by atoms with Gasteiger partial charge >= 0.3 is 0 Å². The van der Waals surface area contributed by atoms with Gasteiger partial charge in [0, 0.05) is 23.3 Å². The number of nitrogens with zero attached hydrogens (tertiary/aromatic N) is 3. The summed E-state index contributed by atoms with van der Waals surface area (Å²) in [4.78, 5) is 18.3. The van der Waals surface area contributed by atoms with Crippen LogP contribution in [0.2, 0.25) is 0 Å². The van der Waals surface area contributed by atoms with Gasteiger partial charge in [-0.15, -0.1) is 11.3 Å². The normalized spacial score (nSPS) is 17.0. The first-order valence-corrected chi connectivity index (χ1v) is 9.25. The van der Waals surface area contributed by atoms with Crippen molar-refractivity contribution in [3.8, 4) is 0 Å². The highest BCUT2D eigenvalue weighted by Gasteiger charge is 2.21. The summed E-state index contributed by atoms with van der Waals surface area (Å²) in [7, 11) is 0. The van der Waals surface area contributed by atoms with Crippen molar-refractivity contribution in [2.24, 2.45) is 5.92 Å². The maximum atomic E-state index is 12.5. The third-order valence-electron chi connectivity index (χ3n) is 4.64. The molecule has 24 heavy (non-hydrogen) atoms. The van der Waals surface area contributed by atoms with Crippen molar-refractivity contribution < 1.29 is 4.79 Å². The number of carbonyl (C=O) groups is 1. The molecule has 3 aromatic rings. The molecule has 1 aliphatic rings. The third kappa shape index (κ3) is 2.82. The van der Waals surface area contributed by atoms with Crippen molar-refractivity contribution in [2.45, 2.75) is 32.6 Å². The fraction of sp³-hybridized carbons (Fsp3) is 0.389. The number of aromatic nitrogens is 3. The van der Waals surface area contributed by atoms with Gasteiger partial charge in [-0.1, -0.05) is 13.0 Å². The second-order valence-corrected chi connectivity index (χ2v) is 7.49. The van der Waals surface area contributed by atoms with Crippen LogP contribution in [-0.4, -0.2) is 27.0 Å². The summed E-state index contributed by atoms with van der Waals surface area (Å²) >= 11 is 1.71. The molecule has 124 valence electrons. The van der Waals surface area contributed by atoms with Crippen LogP contribution in [0.3, 0.4) is 0 Å². The molecule has 0 aliphatic heterocycles. The lowest BCUT2D eigenvalue weighted by atomic mass is 9.89. The summed E-state index contributed by atoms with van der Waals surface area (Å²) in [6.07, 6.45) is 7.61. The van der Waals surface area contributed by atoms with E-state index < -0.39 is 0 Å². The highest BCUT2D eigenvalue weighted by molar-refractivity contribution is 7.09. The summed E-state index contributed by atoms with van der Waals surface area (Å²) in [6.45, 7) is 2.89. The third-order valence-corrected chi connectivity index (χ3v) is 5.57. The van der Waals surface area contributed by atoms with Crippen LogP contribution in [0.5, 0.6) is 0 Å². The number of hydrogen-bond acceptors (Lipinski definition) is 4. The van der Waals surface area contributed by atoms with Gasteiger partial charge in [0.15, 0.2) is 5.65 Å². The standard InChI is InChI=1S/C18H20N4OS/c1-12-4-5-16-13(9-12)10-20-17-15(11-21-22(16)17)18(23)19-7-6-14-3-2-8-24-14/h2-3,8,10-12H,4-7,9H2,1H3,(H,19,23). The number of fused-ring (bicyclic) bond motifs is 3. The molecule has 0 bridgehead atoms. The van der Waals surface area contributed by atoms with Gasteiger partial charge < -0.3 is 5.32 Å². The summed E-state index contributed by atoms with van der Waals surface area (Å²) in [5, 5.41) is 9.46. The number of nitrogens with one attached hydrogen (secondary N) is 1. The lowest BCUT2D eigenvalue weighted by Gasteiger charge is -2.21. The molecule has 0 aromatic carbocycles. The zero-order chi connectivity index (χ0) is 16.5. The summed E-state index contributed by atoms with van der Waals surface area (Å²) in [6, 6.07) is 4.11. The maximum Gasteiger partial charge on any atom is 0.256 e. The quantitative estimate of drug-likeness (QED) is 0.794. The van der Waals surface area contributed by atoms with Gasteiger partial charge in [0.25, 0.3) is 5.91 Å². The smallest absolute Gasteiger partial charge is 0.256 e. The summed E-state index contributed by atoms with van der Waals surface area (Å²) < 4.78 is 1.86. The molecule has 5 nitrogen and oxygen atoms in total. The predicted molar refractivity (Wildman–Crippen MR) is 94.5 cm³/mol. The van der Waals surface area contributed by atoms with E-state index in [4.69, 9.17) is 0 Å². The fourth-order valence-electron chi connectivity index (χ4n) is 3.32. The summed E-state index contributed by atoms with van der Waals surface area (Å²) in [5.41, 5.74) is 3.68. The van der Waals surface area contributed by atoms with Gasteiger partial charge in [-0.25, -0.2) is 9.50 Å². The van der Waals surface area contributed by atoms with Gasteiger partial charge in [0.2, 0.25) is 0 Å². The molecule has 1 aliphatic carbocycles. The van der Waals surface area contributed by atoms with E-state index in [1.54, 1.807) is 17.5 Å². The molecule has 3 heterocycles.